The van der Waals surface area contributed by atoms with Crippen molar-refractivity contribution >= 4 is 11.6 Å². The van der Waals surface area contributed by atoms with Crippen molar-refractivity contribution < 1.29 is 4.79 Å². The molecular formula is C19H25N5O. The van der Waals surface area contributed by atoms with Crippen molar-refractivity contribution in [2.75, 3.05) is 24.5 Å². The topological polar surface area (TPSA) is 65.1 Å². The van der Waals surface area contributed by atoms with E-state index in [1.165, 1.54) is 11.3 Å². The molecule has 2 aliphatic heterocycles. The number of nitrogens with zero attached hydrogens (tertiary/aromatic N) is 4. The Balaban J connectivity index is 1.46. The number of aromatic amines is 1. The molecule has 2 aliphatic rings. The number of benzene rings is 1. The van der Waals surface area contributed by atoms with Gasteiger partial charge in [0.05, 0.1) is 6.54 Å². The van der Waals surface area contributed by atoms with Gasteiger partial charge in [-0.3, -0.25) is 9.89 Å². The summed E-state index contributed by atoms with van der Waals surface area (Å²) in [6.07, 6.45) is 3.60. The summed E-state index contributed by atoms with van der Waals surface area (Å²) in [4.78, 5) is 20.8. The Kier molecular flexibility index (Phi) is 4.42. The van der Waals surface area contributed by atoms with E-state index in [1.807, 2.05) is 4.90 Å². The Morgan fingerprint density at radius 2 is 2.16 bits per heavy atom. The standard InChI is InChI=1S/C19H25N5O/c1-2-17-20-18(22-21-17)13-24-12-14(15-6-3-4-7-16(15)24)9-11-23-10-5-8-19(23)25/h3-4,6-7,14H,2,5,8-13H2,1H3,(H,20,21,22)/t14-/m0/s1. The smallest absolute Gasteiger partial charge is 0.222 e. The quantitative estimate of drug-likeness (QED) is 0.878. The normalized spacial score (nSPS) is 19.7. The summed E-state index contributed by atoms with van der Waals surface area (Å²) in [5.74, 6) is 2.57. The predicted molar refractivity (Wildman–Crippen MR) is 96.4 cm³/mol. The first-order valence-electron chi connectivity index (χ1n) is 9.26. The monoisotopic (exact) mass is 339 g/mol. The number of carbonyl (C=O) groups excluding carboxylic acids is 1. The number of aryl methyl sites for hydroxylation is 1. The number of aromatic nitrogens is 3. The molecule has 1 saturated heterocycles. The predicted octanol–water partition coefficient (Wildman–Crippen LogP) is 2.48. The van der Waals surface area contributed by atoms with Crippen LogP contribution in [0, 0.1) is 0 Å². The zero-order valence-electron chi connectivity index (χ0n) is 14.7. The van der Waals surface area contributed by atoms with Gasteiger partial charge >= 0.3 is 0 Å². The van der Waals surface area contributed by atoms with Gasteiger partial charge in [-0.25, -0.2) is 4.98 Å². The molecule has 0 radical (unpaired) electrons. The van der Waals surface area contributed by atoms with Gasteiger partial charge in [0, 0.05) is 44.1 Å². The molecule has 6 heteroatoms. The maximum atomic E-state index is 11.9. The third kappa shape index (κ3) is 3.25. The molecular weight excluding hydrogens is 314 g/mol. The van der Waals surface area contributed by atoms with E-state index in [4.69, 9.17) is 0 Å². The van der Waals surface area contributed by atoms with E-state index in [0.717, 1.165) is 63.5 Å². The van der Waals surface area contributed by atoms with Crippen molar-refractivity contribution in [1.29, 1.82) is 0 Å². The van der Waals surface area contributed by atoms with Crippen LogP contribution in [0.3, 0.4) is 0 Å². The summed E-state index contributed by atoms with van der Waals surface area (Å²) < 4.78 is 0. The van der Waals surface area contributed by atoms with Crippen molar-refractivity contribution in [2.24, 2.45) is 0 Å². The van der Waals surface area contributed by atoms with Crippen LogP contribution in [-0.2, 0) is 17.8 Å². The molecule has 2 aromatic rings. The number of hydrogen-bond acceptors (Lipinski definition) is 4. The molecule has 0 unspecified atom stereocenters. The third-order valence-electron chi connectivity index (χ3n) is 5.31. The van der Waals surface area contributed by atoms with Crippen molar-refractivity contribution in [3.63, 3.8) is 0 Å². The second-order valence-electron chi connectivity index (χ2n) is 6.96. The van der Waals surface area contributed by atoms with Crippen molar-refractivity contribution in [1.82, 2.24) is 20.1 Å². The highest BCUT2D eigenvalue weighted by Gasteiger charge is 2.30. The average molecular weight is 339 g/mol. The summed E-state index contributed by atoms with van der Waals surface area (Å²) >= 11 is 0. The maximum absolute atomic E-state index is 11.9. The van der Waals surface area contributed by atoms with Gasteiger partial charge in [0.15, 0.2) is 5.82 Å². The fourth-order valence-electron chi connectivity index (χ4n) is 3.98. The number of amides is 1. The molecule has 1 fully saturated rings. The van der Waals surface area contributed by atoms with Gasteiger partial charge in [0.25, 0.3) is 0 Å². The van der Waals surface area contributed by atoms with E-state index in [1.54, 1.807) is 0 Å². The molecule has 6 nitrogen and oxygen atoms in total. The molecule has 4 rings (SSSR count). The molecule has 1 aromatic heterocycles. The van der Waals surface area contributed by atoms with Gasteiger partial charge in [-0.2, -0.15) is 5.10 Å². The lowest BCUT2D eigenvalue weighted by atomic mass is 9.98. The Hall–Kier alpha value is -2.37. The summed E-state index contributed by atoms with van der Waals surface area (Å²) in [5, 5.41) is 7.30. The average Bonchev–Trinajstić information content (AvgIpc) is 3.33. The summed E-state index contributed by atoms with van der Waals surface area (Å²) in [6, 6.07) is 8.62. The molecule has 3 heterocycles. The number of anilines is 1. The van der Waals surface area contributed by atoms with Crippen LogP contribution in [0.1, 0.15) is 49.3 Å². The molecule has 1 aromatic carbocycles. The van der Waals surface area contributed by atoms with Crippen LogP contribution in [0.25, 0.3) is 0 Å². The highest BCUT2D eigenvalue weighted by Crippen LogP contribution is 2.38. The minimum atomic E-state index is 0.317. The molecule has 1 N–H and O–H groups in total. The van der Waals surface area contributed by atoms with Gasteiger partial charge in [0.1, 0.15) is 5.82 Å². The lowest BCUT2D eigenvalue weighted by molar-refractivity contribution is -0.127. The number of para-hydroxylation sites is 1. The Morgan fingerprint density at radius 3 is 2.92 bits per heavy atom. The molecule has 0 spiro atoms. The highest BCUT2D eigenvalue weighted by molar-refractivity contribution is 5.78. The minimum absolute atomic E-state index is 0.317. The molecule has 25 heavy (non-hydrogen) atoms. The van der Waals surface area contributed by atoms with Crippen LogP contribution < -0.4 is 4.90 Å². The molecule has 132 valence electrons. The first-order chi connectivity index (χ1) is 12.2. The van der Waals surface area contributed by atoms with E-state index in [9.17, 15) is 4.79 Å². The number of hydrogen-bond donors (Lipinski definition) is 1. The molecule has 1 amide bonds. The Bertz CT molecular complexity index is 756. The van der Waals surface area contributed by atoms with Crippen LogP contribution in [-0.4, -0.2) is 45.6 Å². The SMILES string of the molecule is CCc1n[nH]c(CN2C[C@H](CCN3CCCC3=O)c3ccccc32)n1. The van der Waals surface area contributed by atoms with Crippen LogP contribution in [0.15, 0.2) is 24.3 Å². The molecule has 0 aliphatic carbocycles. The van der Waals surface area contributed by atoms with Gasteiger partial charge in [0.2, 0.25) is 5.91 Å². The van der Waals surface area contributed by atoms with Gasteiger partial charge in [-0.15, -0.1) is 0 Å². The largest absolute Gasteiger partial charge is 0.363 e. The van der Waals surface area contributed by atoms with E-state index in [2.05, 4.69) is 51.3 Å². The highest BCUT2D eigenvalue weighted by atomic mass is 16.2. The first kappa shape index (κ1) is 16.1. The van der Waals surface area contributed by atoms with E-state index < -0.39 is 0 Å². The summed E-state index contributed by atoms with van der Waals surface area (Å²) in [5.41, 5.74) is 2.68. The first-order valence-corrected chi connectivity index (χ1v) is 9.26. The number of nitrogens with one attached hydrogen (secondary N) is 1. The zero-order valence-corrected chi connectivity index (χ0v) is 14.7. The zero-order chi connectivity index (χ0) is 17.2. The lowest BCUT2D eigenvalue weighted by Gasteiger charge is -2.20. The number of fused-ring (bicyclic) bond motifs is 1. The van der Waals surface area contributed by atoms with Crippen LogP contribution >= 0.6 is 0 Å². The minimum Gasteiger partial charge on any atom is -0.363 e. The molecule has 1 atom stereocenters. The summed E-state index contributed by atoms with van der Waals surface area (Å²) in [7, 11) is 0. The number of carbonyl (C=O) groups is 1. The maximum Gasteiger partial charge on any atom is 0.222 e. The van der Waals surface area contributed by atoms with Crippen molar-refractivity contribution in [3.8, 4) is 0 Å². The van der Waals surface area contributed by atoms with Crippen LogP contribution in [0.2, 0.25) is 0 Å². The van der Waals surface area contributed by atoms with Crippen LogP contribution in [0.5, 0.6) is 0 Å². The summed E-state index contributed by atoms with van der Waals surface area (Å²) in [6.45, 7) is 5.59. The molecule has 0 bridgehead atoms. The van der Waals surface area contributed by atoms with Crippen molar-refractivity contribution in [3.05, 3.63) is 41.5 Å². The van der Waals surface area contributed by atoms with Crippen molar-refractivity contribution in [2.45, 2.75) is 45.1 Å². The lowest BCUT2D eigenvalue weighted by Crippen LogP contribution is -2.28. The fourth-order valence-corrected chi connectivity index (χ4v) is 3.98. The Morgan fingerprint density at radius 1 is 1.28 bits per heavy atom. The second kappa shape index (κ2) is 6.86. The van der Waals surface area contributed by atoms with Crippen LogP contribution in [0.4, 0.5) is 5.69 Å². The Labute approximate surface area is 148 Å². The molecule has 0 saturated carbocycles. The second-order valence-corrected chi connectivity index (χ2v) is 6.96. The van der Waals surface area contributed by atoms with E-state index in [-0.39, 0.29) is 0 Å². The van der Waals surface area contributed by atoms with Gasteiger partial charge in [-0.1, -0.05) is 25.1 Å². The number of H-pyrrole nitrogens is 1. The van der Waals surface area contributed by atoms with E-state index >= 15 is 0 Å². The third-order valence-corrected chi connectivity index (χ3v) is 5.31. The number of likely N-dealkylation sites (tertiary alicyclic amines) is 1. The van der Waals surface area contributed by atoms with Gasteiger partial charge < -0.3 is 9.80 Å². The number of rotatable bonds is 6. The fraction of sp³-hybridized carbons (Fsp3) is 0.526. The van der Waals surface area contributed by atoms with E-state index in [0.29, 0.717) is 11.8 Å². The van der Waals surface area contributed by atoms with Gasteiger partial charge in [-0.05, 0) is 24.5 Å².